The summed E-state index contributed by atoms with van der Waals surface area (Å²) in [5, 5.41) is 6.13. The Morgan fingerprint density at radius 2 is 2.05 bits per heavy atom. The Morgan fingerprint density at radius 1 is 1.35 bits per heavy atom. The van der Waals surface area contributed by atoms with E-state index in [2.05, 4.69) is 27.5 Å². The van der Waals surface area contributed by atoms with E-state index in [0.717, 1.165) is 18.7 Å². The highest BCUT2D eigenvalue weighted by atomic mass is 19.4. The van der Waals surface area contributed by atoms with Gasteiger partial charge in [-0.2, -0.15) is 13.2 Å². The van der Waals surface area contributed by atoms with Gasteiger partial charge in [0.05, 0.1) is 18.7 Å². The monoisotopic (exact) mass is 281 g/mol. The number of benzene rings is 1. The molecule has 0 aliphatic carbocycles. The second kappa shape index (κ2) is 5.87. The van der Waals surface area contributed by atoms with Crippen molar-refractivity contribution in [3.8, 4) is 11.8 Å². The third-order valence-corrected chi connectivity index (χ3v) is 2.70. The van der Waals surface area contributed by atoms with Crippen LogP contribution in [0.3, 0.4) is 0 Å². The predicted octanol–water partition coefficient (Wildman–Crippen LogP) is 1.99. The summed E-state index contributed by atoms with van der Waals surface area (Å²) in [6.07, 6.45) is -4.31. The second-order valence-electron chi connectivity index (χ2n) is 4.47. The molecular weight excluding hydrogens is 267 g/mol. The average molecular weight is 281 g/mol. The molecule has 3 nitrogen and oxygen atoms in total. The maximum Gasteiger partial charge on any atom is 0.416 e. The van der Waals surface area contributed by atoms with E-state index in [9.17, 15) is 13.2 Å². The van der Waals surface area contributed by atoms with Crippen LogP contribution < -0.4 is 10.6 Å². The summed E-state index contributed by atoms with van der Waals surface area (Å²) in [6, 6.07) is 5.11. The molecule has 0 saturated carbocycles. The highest BCUT2D eigenvalue weighted by Crippen LogP contribution is 2.28. The molecule has 2 N–H and O–H groups in total. The van der Waals surface area contributed by atoms with Gasteiger partial charge >= 0.3 is 6.18 Å². The van der Waals surface area contributed by atoms with E-state index < -0.39 is 11.7 Å². The summed E-state index contributed by atoms with van der Waals surface area (Å²) in [7, 11) is 0. The van der Waals surface area contributed by atoms with Crippen LogP contribution in [0.15, 0.2) is 29.3 Å². The van der Waals surface area contributed by atoms with Gasteiger partial charge < -0.3 is 10.6 Å². The first-order chi connectivity index (χ1) is 9.45. The Morgan fingerprint density at radius 3 is 2.60 bits per heavy atom. The van der Waals surface area contributed by atoms with Crippen LogP contribution in [-0.4, -0.2) is 25.1 Å². The minimum Gasteiger partial charge on any atom is -0.352 e. The fourth-order valence-corrected chi connectivity index (χ4v) is 1.68. The van der Waals surface area contributed by atoms with Crippen LogP contribution in [0, 0.1) is 11.8 Å². The molecule has 0 amide bonds. The average Bonchev–Trinajstić information content (AvgIpc) is 2.80. The molecule has 0 aromatic heterocycles. The van der Waals surface area contributed by atoms with Gasteiger partial charge in [0.1, 0.15) is 0 Å². The van der Waals surface area contributed by atoms with Crippen LogP contribution in [0.5, 0.6) is 0 Å². The standard InChI is InChI=1S/C14H14F3N3/c1-10-9-19-13(20-10)18-8-2-3-11-4-6-12(7-5-11)14(15,16)17/h4-7,10H,8-9H2,1H3,(H2,18,19,20). The molecule has 1 unspecified atom stereocenters. The van der Waals surface area contributed by atoms with Crippen LogP contribution in [0.4, 0.5) is 13.2 Å². The van der Waals surface area contributed by atoms with E-state index in [1.165, 1.54) is 12.1 Å². The topological polar surface area (TPSA) is 36.4 Å². The number of halogens is 3. The van der Waals surface area contributed by atoms with E-state index in [4.69, 9.17) is 0 Å². The summed E-state index contributed by atoms with van der Waals surface area (Å²) in [4.78, 5) is 4.20. The van der Waals surface area contributed by atoms with Crippen molar-refractivity contribution in [3.05, 3.63) is 35.4 Å². The van der Waals surface area contributed by atoms with E-state index in [-0.39, 0.29) is 0 Å². The summed E-state index contributed by atoms with van der Waals surface area (Å²) >= 11 is 0. The minimum atomic E-state index is -4.31. The van der Waals surface area contributed by atoms with Gasteiger partial charge in [0.2, 0.25) is 0 Å². The predicted molar refractivity (Wildman–Crippen MR) is 71.2 cm³/mol. The second-order valence-corrected chi connectivity index (χ2v) is 4.47. The number of guanidine groups is 1. The molecule has 0 bridgehead atoms. The van der Waals surface area contributed by atoms with Gasteiger partial charge in [-0.1, -0.05) is 11.8 Å². The quantitative estimate of drug-likeness (QED) is 0.772. The van der Waals surface area contributed by atoms with Crippen molar-refractivity contribution in [2.24, 2.45) is 4.99 Å². The Labute approximate surface area is 115 Å². The summed E-state index contributed by atoms with van der Waals surface area (Å²) < 4.78 is 37.1. The number of hydrogen-bond acceptors (Lipinski definition) is 3. The van der Waals surface area contributed by atoms with Crippen LogP contribution in [-0.2, 0) is 6.18 Å². The van der Waals surface area contributed by atoms with Crippen molar-refractivity contribution in [1.29, 1.82) is 0 Å². The first-order valence-electron chi connectivity index (χ1n) is 6.16. The van der Waals surface area contributed by atoms with E-state index in [0.29, 0.717) is 24.1 Å². The maximum atomic E-state index is 12.4. The Hall–Kier alpha value is -2.16. The molecule has 1 aromatic carbocycles. The molecule has 0 saturated heterocycles. The summed E-state index contributed by atoms with van der Waals surface area (Å²) in [6.45, 7) is 3.14. The number of rotatable bonds is 1. The number of alkyl halides is 3. The summed E-state index contributed by atoms with van der Waals surface area (Å²) in [5.41, 5.74) is -0.117. The molecule has 1 aliphatic rings. The zero-order valence-electron chi connectivity index (χ0n) is 10.9. The molecule has 0 spiro atoms. The zero-order valence-corrected chi connectivity index (χ0v) is 10.9. The molecule has 1 aromatic rings. The molecule has 6 heteroatoms. The van der Waals surface area contributed by atoms with Crippen molar-refractivity contribution >= 4 is 5.96 Å². The van der Waals surface area contributed by atoms with Gasteiger partial charge in [-0.15, -0.1) is 0 Å². The molecule has 1 aliphatic heterocycles. The molecule has 0 fully saturated rings. The SMILES string of the molecule is CC1CN=C(NCC#Cc2ccc(C(F)(F)F)cc2)N1. The van der Waals surface area contributed by atoms with Crippen LogP contribution in [0.2, 0.25) is 0 Å². The number of nitrogens with one attached hydrogen (secondary N) is 2. The van der Waals surface area contributed by atoms with Crippen LogP contribution >= 0.6 is 0 Å². The zero-order chi connectivity index (χ0) is 14.6. The highest BCUT2D eigenvalue weighted by molar-refractivity contribution is 5.81. The van der Waals surface area contributed by atoms with Crippen LogP contribution in [0.25, 0.3) is 0 Å². The number of aliphatic imine (C=N–C) groups is 1. The lowest BCUT2D eigenvalue weighted by atomic mass is 10.1. The lowest BCUT2D eigenvalue weighted by Gasteiger charge is -2.05. The largest absolute Gasteiger partial charge is 0.416 e. The van der Waals surface area contributed by atoms with E-state index in [1.807, 2.05) is 6.92 Å². The van der Waals surface area contributed by atoms with Crippen molar-refractivity contribution < 1.29 is 13.2 Å². The van der Waals surface area contributed by atoms with Gasteiger partial charge in [-0.05, 0) is 31.2 Å². The van der Waals surface area contributed by atoms with Gasteiger partial charge in [-0.3, -0.25) is 4.99 Å². The minimum absolute atomic E-state index is 0.320. The van der Waals surface area contributed by atoms with E-state index >= 15 is 0 Å². The van der Waals surface area contributed by atoms with Gasteiger partial charge in [-0.25, -0.2) is 0 Å². The smallest absolute Gasteiger partial charge is 0.352 e. The van der Waals surface area contributed by atoms with Crippen molar-refractivity contribution in [1.82, 2.24) is 10.6 Å². The van der Waals surface area contributed by atoms with Gasteiger partial charge in [0.25, 0.3) is 0 Å². The molecule has 1 atom stereocenters. The molecule has 20 heavy (non-hydrogen) atoms. The highest BCUT2D eigenvalue weighted by Gasteiger charge is 2.29. The fraction of sp³-hybridized carbons (Fsp3) is 0.357. The van der Waals surface area contributed by atoms with Gasteiger partial charge in [0, 0.05) is 11.6 Å². The Balaban J connectivity index is 1.86. The van der Waals surface area contributed by atoms with Crippen LogP contribution in [0.1, 0.15) is 18.1 Å². The molecular formula is C14H14F3N3. The maximum absolute atomic E-state index is 12.4. The number of hydrogen-bond donors (Lipinski definition) is 2. The summed E-state index contributed by atoms with van der Waals surface area (Å²) in [5.74, 6) is 6.34. The molecule has 2 rings (SSSR count). The third-order valence-electron chi connectivity index (χ3n) is 2.70. The normalized spacial score (nSPS) is 17.8. The Bertz CT molecular complexity index is 550. The van der Waals surface area contributed by atoms with Crippen molar-refractivity contribution in [3.63, 3.8) is 0 Å². The van der Waals surface area contributed by atoms with E-state index in [1.54, 1.807) is 0 Å². The lowest BCUT2D eigenvalue weighted by Crippen LogP contribution is -2.37. The van der Waals surface area contributed by atoms with Gasteiger partial charge in [0.15, 0.2) is 5.96 Å². The lowest BCUT2D eigenvalue weighted by molar-refractivity contribution is -0.137. The first-order valence-corrected chi connectivity index (χ1v) is 6.16. The molecule has 1 heterocycles. The molecule has 0 radical (unpaired) electrons. The fourth-order valence-electron chi connectivity index (χ4n) is 1.68. The van der Waals surface area contributed by atoms with Crippen molar-refractivity contribution in [2.75, 3.05) is 13.1 Å². The first kappa shape index (κ1) is 14.3. The molecule has 106 valence electrons. The van der Waals surface area contributed by atoms with Crippen molar-refractivity contribution in [2.45, 2.75) is 19.1 Å². The number of nitrogens with zero attached hydrogens (tertiary/aromatic N) is 1. The Kier molecular flexibility index (Phi) is 4.18. The third kappa shape index (κ3) is 3.92.